The fraction of sp³-hybridized carbons (Fsp3) is 0.818. The van der Waals surface area contributed by atoms with Crippen molar-refractivity contribution in [3.05, 3.63) is 0 Å². The van der Waals surface area contributed by atoms with Gasteiger partial charge in [0, 0.05) is 0 Å². The molecule has 0 saturated heterocycles. The van der Waals surface area contributed by atoms with E-state index in [1.807, 2.05) is 0 Å². The van der Waals surface area contributed by atoms with Gasteiger partial charge in [-0.05, 0) is 25.7 Å². The number of methoxy groups -OCH3 is 1. The van der Waals surface area contributed by atoms with Gasteiger partial charge in [-0.3, -0.25) is 9.59 Å². The lowest BCUT2D eigenvalue weighted by atomic mass is 9.59. The van der Waals surface area contributed by atoms with Gasteiger partial charge in [-0.15, -0.1) is 0 Å². The Bertz CT molecular complexity index is 239. The first-order chi connectivity index (χ1) is 6.56. The zero-order valence-electron chi connectivity index (χ0n) is 9.13. The average molecular weight is 198 g/mol. The van der Waals surface area contributed by atoms with E-state index in [0.717, 1.165) is 12.8 Å². The highest BCUT2D eigenvalue weighted by molar-refractivity contribution is 6.03. The summed E-state index contributed by atoms with van der Waals surface area (Å²) in [6.07, 6.45) is 3.58. The van der Waals surface area contributed by atoms with Crippen molar-refractivity contribution in [3.8, 4) is 0 Å². The molecule has 0 radical (unpaired) electrons. The summed E-state index contributed by atoms with van der Waals surface area (Å²) in [4.78, 5) is 22.9. The van der Waals surface area contributed by atoms with E-state index >= 15 is 0 Å². The highest BCUT2D eigenvalue weighted by atomic mass is 16.5. The summed E-state index contributed by atoms with van der Waals surface area (Å²) in [5, 5.41) is 0. The first kappa shape index (κ1) is 11.2. The van der Waals surface area contributed by atoms with Crippen LogP contribution in [0.2, 0.25) is 0 Å². The summed E-state index contributed by atoms with van der Waals surface area (Å²) >= 11 is 0. The molecule has 0 spiro atoms. The lowest BCUT2D eigenvalue weighted by Crippen LogP contribution is -2.49. The average Bonchev–Trinajstić information content (AvgIpc) is 2.08. The van der Waals surface area contributed by atoms with Crippen LogP contribution < -0.4 is 0 Å². The van der Waals surface area contributed by atoms with Crippen molar-refractivity contribution < 1.29 is 14.3 Å². The summed E-state index contributed by atoms with van der Waals surface area (Å²) in [5.41, 5.74) is -0.797. The predicted octanol–water partition coefficient (Wildman–Crippen LogP) is 1.94. The normalized spacial score (nSPS) is 30.6. The minimum Gasteiger partial charge on any atom is -0.468 e. The van der Waals surface area contributed by atoms with Crippen LogP contribution in [0.1, 0.15) is 39.5 Å². The molecule has 0 aromatic heterocycles. The molecule has 0 unspecified atom stereocenters. The molecule has 0 aliphatic heterocycles. The summed E-state index contributed by atoms with van der Waals surface area (Å²) in [5.74, 6) is 0.136. The molecule has 80 valence electrons. The molecule has 0 aromatic rings. The molecule has 0 amide bonds. The van der Waals surface area contributed by atoms with Crippen LogP contribution in [-0.4, -0.2) is 18.9 Å². The smallest absolute Gasteiger partial charge is 0.319 e. The number of Topliss-reactive ketones (excluding diaryl/α,β-unsaturated/α-hetero) is 1. The van der Waals surface area contributed by atoms with Gasteiger partial charge in [0.15, 0.2) is 0 Å². The minimum atomic E-state index is -0.797. The van der Waals surface area contributed by atoms with E-state index in [1.54, 1.807) is 0 Å². The van der Waals surface area contributed by atoms with Gasteiger partial charge in [-0.2, -0.15) is 0 Å². The van der Waals surface area contributed by atoms with E-state index in [4.69, 9.17) is 0 Å². The van der Waals surface area contributed by atoms with E-state index in [1.165, 1.54) is 14.0 Å². The Hall–Kier alpha value is -0.860. The van der Waals surface area contributed by atoms with E-state index in [0.29, 0.717) is 18.8 Å². The fourth-order valence-electron chi connectivity index (χ4n) is 2.33. The first-order valence-electron chi connectivity index (χ1n) is 5.16. The Morgan fingerprint density at radius 1 is 1.43 bits per heavy atom. The van der Waals surface area contributed by atoms with Crippen molar-refractivity contribution in [2.75, 3.05) is 7.11 Å². The molecule has 1 aliphatic rings. The van der Waals surface area contributed by atoms with E-state index in [9.17, 15) is 9.59 Å². The number of hydrogen-bond acceptors (Lipinski definition) is 3. The Labute approximate surface area is 84.8 Å². The molecule has 0 bridgehead atoms. The summed E-state index contributed by atoms with van der Waals surface area (Å²) in [7, 11) is 1.35. The summed E-state index contributed by atoms with van der Waals surface area (Å²) < 4.78 is 4.69. The number of ether oxygens (including phenoxy) is 1. The molecule has 1 saturated carbocycles. The molecule has 0 heterocycles. The Morgan fingerprint density at radius 3 is 2.36 bits per heavy atom. The number of hydrogen-bond donors (Lipinski definition) is 0. The SMILES string of the molecule is CCCC1CC(C(C)=O)(C(=O)OC)C1. The van der Waals surface area contributed by atoms with Crippen LogP contribution in [0.4, 0.5) is 0 Å². The Balaban J connectivity index is 2.62. The predicted molar refractivity (Wildman–Crippen MR) is 52.8 cm³/mol. The zero-order chi connectivity index (χ0) is 10.8. The largest absolute Gasteiger partial charge is 0.468 e. The highest BCUT2D eigenvalue weighted by Crippen LogP contribution is 2.49. The van der Waals surface area contributed by atoms with Gasteiger partial charge >= 0.3 is 5.97 Å². The van der Waals surface area contributed by atoms with Gasteiger partial charge in [0.1, 0.15) is 11.2 Å². The van der Waals surface area contributed by atoms with Gasteiger partial charge < -0.3 is 4.74 Å². The molecule has 0 aromatic carbocycles. The lowest BCUT2D eigenvalue weighted by Gasteiger charge is -2.43. The van der Waals surface area contributed by atoms with Crippen LogP contribution in [0.15, 0.2) is 0 Å². The number of ketones is 1. The van der Waals surface area contributed by atoms with Gasteiger partial charge in [0.2, 0.25) is 0 Å². The molecular weight excluding hydrogens is 180 g/mol. The minimum absolute atomic E-state index is 0.0447. The maximum Gasteiger partial charge on any atom is 0.319 e. The van der Waals surface area contributed by atoms with Crippen molar-refractivity contribution in [3.63, 3.8) is 0 Å². The van der Waals surface area contributed by atoms with Crippen LogP contribution in [0, 0.1) is 11.3 Å². The third-order valence-electron chi connectivity index (χ3n) is 3.22. The van der Waals surface area contributed by atoms with E-state index in [2.05, 4.69) is 11.7 Å². The second-order valence-corrected chi connectivity index (χ2v) is 4.19. The molecule has 1 rings (SSSR count). The zero-order valence-corrected chi connectivity index (χ0v) is 9.13. The maximum atomic E-state index is 11.5. The van der Waals surface area contributed by atoms with Crippen molar-refractivity contribution in [1.29, 1.82) is 0 Å². The lowest BCUT2D eigenvalue weighted by molar-refractivity contribution is -0.167. The van der Waals surface area contributed by atoms with Crippen LogP contribution in [0.5, 0.6) is 0 Å². The quantitative estimate of drug-likeness (QED) is 0.512. The molecule has 1 fully saturated rings. The van der Waals surface area contributed by atoms with Crippen LogP contribution in [0.25, 0.3) is 0 Å². The number of rotatable bonds is 4. The monoisotopic (exact) mass is 198 g/mol. The maximum absolute atomic E-state index is 11.5. The molecule has 1 aliphatic carbocycles. The summed E-state index contributed by atoms with van der Waals surface area (Å²) in [6, 6.07) is 0. The van der Waals surface area contributed by atoms with Crippen molar-refractivity contribution >= 4 is 11.8 Å². The van der Waals surface area contributed by atoms with E-state index in [-0.39, 0.29) is 11.8 Å². The molecule has 3 nitrogen and oxygen atoms in total. The topological polar surface area (TPSA) is 43.4 Å². The number of carbonyl (C=O) groups is 2. The van der Waals surface area contributed by atoms with Gasteiger partial charge in [-0.1, -0.05) is 19.8 Å². The fourth-order valence-corrected chi connectivity index (χ4v) is 2.33. The summed E-state index contributed by atoms with van der Waals surface area (Å²) in [6.45, 7) is 3.60. The van der Waals surface area contributed by atoms with E-state index < -0.39 is 5.41 Å². The molecule has 0 N–H and O–H groups in total. The van der Waals surface area contributed by atoms with Gasteiger partial charge in [-0.25, -0.2) is 0 Å². The molecule has 3 heteroatoms. The third kappa shape index (κ3) is 1.68. The van der Waals surface area contributed by atoms with Crippen molar-refractivity contribution in [1.82, 2.24) is 0 Å². The van der Waals surface area contributed by atoms with Gasteiger partial charge in [0.25, 0.3) is 0 Å². The van der Waals surface area contributed by atoms with Crippen LogP contribution in [-0.2, 0) is 14.3 Å². The molecule has 0 atom stereocenters. The Kier molecular flexibility index (Phi) is 3.29. The molecule has 14 heavy (non-hydrogen) atoms. The third-order valence-corrected chi connectivity index (χ3v) is 3.22. The van der Waals surface area contributed by atoms with Gasteiger partial charge in [0.05, 0.1) is 7.11 Å². The standard InChI is InChI=1S/C11H18O3/c1-4-5-9-6-11(7-9,8(2)12)10(13)14-3/h9H,4-7H2,1-3H3. The van der Waals surface area contributed by atoms with Crippen molar-refractivity contribution in [2.45, 2.75) is 39.5 Å². The Morgan fingerprint density at radius 2 is 2.00 bits per heavy atom. The number of esters is 1. The number of carbonyl (C=O) groups excluding carboxylic acids is 2. The molecular formula is C11H18O3. The second kappa shape index (κ2) is 4.11. The second-order valence-electron chi connectivity index (χ2n) is 4.19. The highest BCUT2D eigenvalue weighted by Gasteiger charge is 2.54. The van der Waals surface area contributed by atoms with Crippen LogP contribution >= 0.6 is 0 Å². The van der Waals surface area contributed by atoms with Crippen LogP contribution in [0.3, 0.4) is 0 Å². The first-order valence-corrected chi connectivity index (χ1v) is 5.16. The van der Waals surface area contributed by atoms with Crippen molar-refractivity contribution in [2.24, 2.45) is 11.3 Å².